The smallest absolute Gasteiger partial charge is 0.107 e. The van der Waals surface area contributed by atoms with E-state index in [1.165, 1.54) is 64.5 Å². The number of hydrogen-bond donors (Lipinski definition) is 1. The minimum atomic E-state index is 0.0727. The first kappa shape index (κ1) is 25.1. The lowest BCUT2D eigenvalue weighted by Crippen LogP contribution is -2.39. The molecule has 4 heteroatoms. The van der Waals surface area contributed by atoms with Crippen LogP contribution in [-0.4, -0.2) is 10.6 Å². The second-order valence-corrected chi connectivity index (χ2v) is 13.2. The molecule has 4 heterocycles. The van der Waals surface area contributed by atoms with Crippen LogP contribution in [0.5, 0.6) is 0 Å². The van der Waals surface area contributed by atoms with Crippen LogP contribution in [-0.2, 0) is 0 Å². The van der Waals surface area contributed by atoms with Crippen LogP contribution in [0.1, 0.15) is 23.1 Å². The summed E-state index contributed by atoms with van der Waals surface area (Å²) in [6.45, 7) is 0. The molecule has 2 aliphatic heterocycles. The first-order chi connectivity index (χ1) is 22.3. The molecule has 0 saturated heterocycles. The Morgan fingerprint density at radius 3 is 2.36 bits per heavy atom. The van der Waals surface area contributed by atoms with E-state index in [-0.39, 0.29) is 18.0 Å². The summed E-state index contributed by atoms with van der Waals surface area (Å²) >= 11 is 1.87. The zero-order valence-electron chi connectivity index (χ0n) is 24.5. The van der Waals surface area contributed by atoms with E-state index in [0.29, 0.717) is 0 Å². The van der Waals surface area contributed by atoms with E-state index in [1.54, 1.807) is 0 Å². The molecule has 0 amide bonds. The summed E-state index contributed by atoms with van der Waals surface area (Å²) in [5.74, 6) is 1.42. The van der Waals surface area contributed by atoms with Gasteiger partial charge in [-0.15, -0.1) is 11.3 Å². The molecule has 3 atom stereocenters. The van der Waals surface area contributed by atoms with Gasteiger partial charge in [0.1, 0.15) is 5.82 Å². The molecule has 0 fully saturated rings. The highest BCUT2D eigenvalue weighted by Crippen LogP contribution is 2.52. The number of allylic oxidation sites excluding steroid dienone is 4. The molecule has 0 saturated carbocycles. The van der Waals surface area contributed by atoms with Gasteiger partial charge in [0, 0.05) is 42.6 Å². The molecule has 2 aromatic heterocycles. The van der Waals surface area contributed by atoms with Crippen LogP contribution in [0, 0.1) is 0 Å². The van der Waals surface area contributed by atoms with Crippen molar-refractivity contribution in [2.24, 2.45) is 0 Å². The number of nitrogens with one attached hydrogen (secondary N) is 1. The van der Waals surface area contributed by atoms with Crippen molar-refractivity contribution < 1.29 is 0 Å². The number of para-hydroxylation sites is 2. The Hall–Kier alpha value is -5.32. The SMILES string of the molecule is C1=CC(c2ccc3sc4ccccc4c3c2)NC(N2c3c(ccc4c3c3ccccc3n4-c3ccccc3)C3C=CC=CC32)=C1. The van der Waals surface area contributed by atoms with E-state index < -0.39 is 0 Å². The predicted octanol–water partition coefficient (Wildman–Crippen LogP) is 10.3. The quantitative estimate of drug-likeness (QED) is 0.219. The number of hydrogen-bond acceptors (Lipinski definition) is 3. The van der Waals surface area contributed by atoms with Crippen LogP contribution in [0.2, 0.25) is 0 Å². The van der Waals surface area contributed by atoms with E-state index in [4.69, 9.17) is 0 Å². The number of fused-ring (bicyclic) bond motifs is 10. The van der Waals surface area contributed by atoms with Gasteiger partial charge in [-0.25, -0.2) is 0 Å². The highest BCUT2D eigenvalue weighted by Gasteiger charge is 2.41. The zero-order valence-corrected chi connectivity index (χ0v) is 25.3. The van der Waals surface area contributed by atoms with Crippen molar-refractivity contribution >= 4 is 59.0 Å². The monoisotopic (exact) mass is 595 g/mol. The molecule has 1 aliphatic carbocycles. The lowest BCUT2D eigenvalue weighted by atomic mass is 9.91. The maximum Gasteiger partial charge on any atom is 0.107 e. The number of rotatable bonds is 3. The first-order valence-electron chi connectivity index (χ1n) is 15.7. The molecular formula is C41H29N3S. The Balaban J connectivity index is 1.14. The van der Waals surface area contributed by atoms with Crippen molar-refractivity contribution in [1.29, 1.82) is 0 Å². The third-order valence-electron chi connectivity index (χ3n) is 9.74. The van der Waals surface area contributed by atoms with Gasteiger partial charge in [0.05, 0.1) is 28.8 Å². The lowest BCUT2D eigenvalue weighted by molar-refractivity contribution is 0.631. The molecule has 214 valence electrons. The fraction of sp³-hybridized carbons (Fsp3) is 0.0732. The Morgan fingerprint density at radius 1 is 0.622 bits per heavy atom. The van der Waals surface area contributed by atoms with Crippen molar-refractivity contribution in [2.75, 3.05) is 4.90 Å². The Kier molecular flexibility index (Phi) is 5.34. The van der Waals surface area contributed by atoms with Crippen LogP contribution in [0.15, 0.2) is 158 Å². The van der Waals surface area contributed by atoms with Crippen molar-refractivity contribution in [3.05, 3.63) is 169 Å². The molecule has 5 aromatic carbocycles. The minimum absolute atomic E-state index is 0.0727. The molecule has 0 radical (unpaired) electrons. The Morgan fingerprint density at radius 2 is 1.42 bits per heavy atom. The molecule has 45 heavy (non-hydrogen) atoms. The fourth-order valence-electron chi connectivity index (χ4n) is 7.80. The van der Waals surface area contributed by atoms with E-state index in [0.717, 1.165) is 5.82 Å². The minimum Gasteiger partial charge on any atom is -0.361 e. The third-order valence-corrected chi connectivity index (χ3v) is 10.9. The van der Waals surface area contributed by atoms with E-state index >= 15 is 0 Å². The molecule has 10 rings (SSSR count). The predicted molar refractivity (Wildman–Crippen MR) is 190 cm³/mol. The van der Waals surface area contributed by atoms with Crippen molar-refractivity contribution in [3.8, 4) is 5.69 Å². The average Bonchev–Trinajstić information content (AvgIpc) is 3.76. The van der Waals surface area contributed by atoms with Crippen LogP contribution >= 0.6 is 11.3 Å². The van der Waals surface area contributed by atoms with Crippen LogP contribution in [0.4, 0.5) is 5.69 Å². The van der Waals surface area contributed by atoms with Gasteiger partial charge in [0.2, 0.25) is 0 Å². The topological polar surface area (TPSA) is 20.2 Å². The highest BCUT2D eigenvalue weighted by atomic mass is 32.1. The number of nitrogens with zero attached hydrogens (tertiary/aromatic N) is 2. The van der Waals surface area contributed by atoms with Gasteiger partial charge < -0.3 is 14.8 Å². The summed E-state index contributed by atoms with van der Waals surface area (Å²) in [6, 6.07) is 40.3. The van der Waals surface area contributed by atoms with Crippen molar-refractivity contribution in [1.82, 2.24) is 9.88 Å². The van der Waals surface area contributed by atoms with Gasteiger partial charge >= 0.3 is 0 Å². The molecule has 3 unspecified atom stereocenters. The maximum atomic E-state index is 3.98. The molecule has 3 aliphatic rings. The summed E-state index contributed by atoms with van der Waals surface area (Å²) < 4.78 is 5.10. The summed E-state index contributed by atoms with van der Waals surface area (Å²) in [7, 11) is 0. The summed E-state index contributed by atoms with van der Waals surface area (Å²) in [4.78, 5) is 2.57. The summed E-state index contributed by atoms with van der Waals surface area (Å²) in [6.07, 6.45) is 15.9. The average molecular weight is 596 g/mol. The van der Waals surface area contributed by atoms with Gasteiger partial charge in [-0.1, -0.05) is 103 Å². The summed E-state index contributed by atoms with van der Waals surface area (Å²) in [5.41, 5.74) is 7.60. The van der Waals surface area contributed by atoms with E-state index in [1.807, 2.05) is 11.3 Å². The molecule has 7 aromatic rings. The fourth-order valence-corrected chi connectivity index (χ4v) is 8.88. The maximum absolute atomic E-state index is 3.98. The number of anilines is 1. The van der Waals surface area contributed by atoms with E-state index in [2.05, 4.69) is 167 Å². The van der Waals surface area contributed by atoms with E-state index in [9.17, 15) is 0 Å². The standard InChI is InChI=1S/C41H29N3S/c1-2-11-27(12-3-1)43-35-18-8-5-15-31(35)40-36(43)23-22-30-28-13-4-7-17-34(28)44(41(30)40)39-20-10-16-33(42-39)26-21-24-38-32(25-26)29-14-6-9-19-37(29)45-38/h1-25,28,33-34,42H. The number of dihydropyridines is 1. The molecule has 0 spiro atoms. The highest BCUT2D eigenvalue weighted by molar-refractivity contribution is 7.25. The molecule has 3 nitrogen and oxygen atoms in total. The number of aromatic nitrogens is 1. The second kappa shape index (κ2) is 9.59. The van der Waals surface area contributed by atoms with Crippen molar-refractivity contribution in [3.63, 3.8) is 0 Å². The molecular weight excluding hydrogens is 567 g/mol. The third kappa shape index (κ3) is 3.63. The summed E-state index contributed by atoms with van der Waals surface area (Å²) in [5, 5.41) is 9.24. The zero-order chi connectivity index (χ0) is 29.5. The van der Waals surface area contributed by atoms with Crippen LogP contribution in [0.3, 0.4) is 0 Å². The van der Waals surface area contributed by atoms with Crippen LogP contribution < -0.4 is 10.2 Å². The first-order valence-corrected chi connectivity index (χ1v) is 16.5. The Labute approximate surface area is 265 Å². The normalized spacial score (nSPS) is 20.2. The molecule has 0 bridgehead atoms. The van der Waals surface area contributed by atoms with Gasteiger partial charge in [-0.05, 0) is 59.7 Å². The lowest BCUT2D eigenvalue weighted by Gasteiger charge is -2.34. The van der Waals surface area contributed by atoms with Gasteiger partial charge in [0.15, 0.2) is 0 Å². The molecule has 1 N–H and O–H groups in total. The van der Waals surface area contributed by atoms with Crippen LogP contribution in [0.25, 0.3) is 47.7 Å². The van der Waals surface area contributed by atoms with Gasteiger partial charge in [-0.3, -0.25) is 0 Å². The van der Waals surface area contributed by atoms with Gasteiger partial charge in [0.25, 0.3) is 0 Å². The van der Waals surface area contributed by atoms with Crippen molar-refractivity contribution in [2.45, 2.75) is 18.0 Å². The largest absolute Gasteiger partial charge is 0.361 e. The Bertz CT molecular complexity index is 2440. The number of thiophene rings is 1. The second-order valence-electron chi connectivity index (χ2n) is 12.2. The van der Waals surface area contributed by atoms with Gasteiger partial charge in [-0.2, -0.15) is 0 Å². The number of benzene rings is 5.